The van der Waals surface area contributed by atoms with Crippen molar-refractivity contribution < 1.29 is 19.4 Å². The summed E-state index contributed by atoms with van der Waals surface area (Å²) in [5.41, 5.74) is 0.457. The number of carbonyl (C=O) groups is 2. The van der Waals surface area contributed by atoms with Gasteiger partial charge in [-0.3, -0.25) is 4.90 Å². The molecule has 1 fully saturated rings. The third-order valence-electron chi connectivity index (χ3n) is 3.73. The number of rotatable bonds is 3. The van der Waals surface area contributed by atoms with E-state index in [1.807, 2.05) is 24.3 Å². The number of nitrogens with zero attached hydrogens (tertiary/aromatic N) is 1. The van der Waals surface area contributed by atoms with Crippen LogP contribution in [0.3, 0.4) is 0 Å². The number of likely N-dealkylation sites (tertiary alicyclic amines) is 1. The highest BCUT2D eigenvalue weighted by atomic mass is 79.9. The van der Waals surface area contributed by atoms with Crippen LogP contribution >= 0.6 is 15.9 Å². The molecule has 23 heavy (non-hydrogen) atoms. The van der Waals surface area contributed by atoms with E-state index in [4.69, 9.17) is 4.74 Å². The van der Waals surface area contributed by atoms with Crippen molar-refractivity contribution in [3.05, 3.63) is 34.3 Å². The number of halogens is 1. The second-order valence-corrected chi connectivity index (χ2v) is 7.82. The van der Waals surface area contributed by atoms with Gasteiger partial charge in [-0.05, 0) is 57.2 Å². The fraction of sp³-hybridized carbons (Fsp3) is 0.529. The summed E-state index contributed by atoms with van der Waals surface area (Å²) in [5.74, 6) is -1.15. The largest absolute Gasteiger partial charge is 0.548 e. The van der Waals surface area contributed by atoms with Crippen molar-refractivity contribution in [2.75, 3.05) is 6.54 Å². The van der Waals surface area contributed by atoms with Crippen LogP contribution in [0.5, 0.6) is 0 Å². The number of carbonyl (C=O) groups excluding carboxylic acids is 2. The Morgan fingerprint density at radius 1 is 1.30 bits per heavy atom. The molecule has 2 atom stereocenters. The molecule has 1 aromatic carbocycles. The molecule has 1 saturated heterocycles. The summed E-state index contributed by atoms with van der Waals surface area (Å²) in [7, 11) is 0. The molecular formula is C17H21BrNO4-. The van der Waals surface area contributed by atoms with E-state index in [-0.39, 0.29) is 5.92 Å². The van der Waals surface area contributed by atoms with Gasteiger partial charge in [0, 0.05) is 11.0 Å². The lowest BCUT2D eigenvalue weighted by Crippen LogP contribution is -2.48. The third kappa shape index (κ3) is 4.96. The van der Waals surface area contributed by atoms with Gasteiger partial charge < -0.3 is 14.6 Å². The van der Waals surface area contributed by atoms with E-state index in [1.54, 1.807) is 20.8 Å². The molecule has 1 aromatic rings. The first-order chi connectivity index (χ1) is 10.7. The van der Waals surface area contributed by atoms with Gasteiger partial charge in [0.2, 0.25) is 0 Å². The first kappa shape index (κ1) is 17.8. The molecule has 0 bridgehead atoms. The summed E-state index contributed by atoms with van der Waals surface area (Å²) >= 11 is 3.39. The van der Waals surface area contributed by atoms with Crippen LogP contribution in [0, 0.1) is 5.92 Å². The quantitative estimate of drug-likeness (QED) is 0.804. The van der Waals surface area contributed by atoms with Gasteiger partial charge in [-0.25, -0.2) is 4.79 Å². The molecule has 5 nitrogen and oxygen atoms in total. The monoisotopic (exact) mass is 382 g/mol. The van der Waals surface area contributed by atoms with Crippen LogP contribution in [0.25, 0.3) is 0 Å². The Hall–Kier alpha value is -1.56. The second kappa shape index (κ2) is 6.91. The average Bonchev–Trinajstić information content (AvgIpc) is 2.84. The van der Waals surface area contributed by atoms with E-state index in [0.29, 0.717) is 13.0 Å². The van der Waals surface area contributed by atoms with Gasteiger partial charge in [0.1, 0.15) is 5.60 Å². The smallest absolute Gasteiger partial charge is 0.410 e. The molecule has 1 aliphatic heterocycles. The lowest BCUT2D eigenvalue weighted by molar-refractivity contribution is -0.310. The SMILES string of the molecule is CC(C)(C)OC(=O)N1C[C@H](Cc2ccc(Br)cc2)C[C@@H]1C(=O)[O-]. The lowest BCUT2D eigenvalue weighted by Gasteiger charge is -2.28. The number of benzene rings is 1. The van der Waals surface area contributed by atoms with Crippen LogP contribution in [-0.4, -0.2) is 35.2 Å². The van der Waals surface area contributed by atoms with Crippen molar-refractivity contribution in [3.8, 4) is 0 Å². The second-order valence-electron chi connectivity index (χ2n) is 6.90. The molecule has 2 rings (SSSR count). The summed E-state index contributed by atoms with van der Waals surface area (Å²) < 4.78 is 6.30. The van der Waals surface area contributed by atoms with E-state index >= 15 is 0 Å². The molecule has 0 spiro atoms. The minimum atomic E-state index is -1.23. The fourth-order valence-corrected chi connectivity index (χ4v) is 3.03. The van der Waals surface area contributed by atoms with Crippen LogP contribution in [-0.2, 0) is 16.0 Å². The normalized spacial score (nSPS) is 21.3. The van der Waals surface area contributed by atoms with Crippen molar-refractivity contribution in [1.82, 2.24) is 4.90 Å². The van der Waals surface area contributed by atoms with Gasteiger partial charge in [0.25, 0.3) is 0 Å². The van der Waals surface area contributed by atoms with Gasteiger partial charge in [-0.1, -0.05) is 28.1 Å². The highest BCUT2D eigenvalue weighted by molar-refractivity contribution is 9.10. The Morgan fingerprint density at radius 2 is 1.91 bits per heavy atom. The zero-order valence-corrected chi connectivity index (χ0v) is 15.1. The molecule has 0 aliphatic carbocycles. The number of ether oxygens (including phenoxy) is 1. The molecule has 126 valence electrons. The topological polar surface area (TPSA) is 69.7 Å². The standard InChI is InChI=1S/C17H22BrNO4/c1-17(2,3)23-16(22)19-10-12(9-14(19)15(20)21)8-11-4-6-13(18)7-5-11/h4-7,12,14H,8-10H2,1-3H3,(H,20,21)/p-1/t12-,14-/m1/s1. The van der Waals surface area contributed by atoms with E-state index < -0.39 is 23.7 Å². The van der Waals surface area contributed by atoms with Crippen molar-refractivity contribution >= 4 is 28.0 Å². The summed E-state index contributed by atoms with van der Waals surface area (Å²) in [6.07, 6.45) is 0.513. The molecule has 1 amide bonds. The molecule has 0 radical (unpaired) electrons. The molecule has 0 unspecified atom stereocenters. The Bertz CT molecular complexity index is 579. The van der Waals surface area contributed by atoms with Crippen LogP contribution < -0.4 is 5.11 Å². The van der Waals surface area contributed by atoms with Crippen LogP contribution in [0.2, 0.25) is 0 Å². The minimum absolute atomic E-state index is 0.0755. The predicted octanol–water partition coefficient (Wildman–Crippen LogP) is 2.37. The lowest BCUT2D eigenvalue weighted by atomic mass is 9.97. The number of aliphatic carboxylic acids is 1. The Morgan fingerprint density at radius 3 is 2.43 bits per heavy atom. The Kier molecular flexibility index (Phi) is 5.34. The van der Waals surface area contributed by atoms with E-state index in [0.717, 1.165) is 16.5 Å². The van der Waals surface area contributed by atoms with Gasteiger partial charge in [0.05, 0.1) is 12.0 Å². The van der Waals surface area contributed by atoms with Gasteiger partial charge >= 0.3 is 6.09 Å². The Labute approximate surface area is 144 Å². The van der Waals surface area contributed by atoms with E-state index in [9.17, 15) is 14.7 Å². The van der Waals surface area contributed by atoms with Crippen molar-refractivity contribution in [1.29, 1.82) is 0 Å². The Balaban J connectivity index is 2.06. The number of carboxylic acids is 1. The molecular weight excluding hydrogens is 362 g/mol. The number of carboxylic acid groups (broad SMARTS) is 1. The summed E-state index contributed by atoms with van der Waals surface area (Å²) in [4.78, 5) is 24.9. The van der Waals surface area contributed by atoms with Crippen LogP contribution in [0.4, 0.5) is 4.79 Å². The van der Waals surface area contributed by atoms with E-state index in [2.05, 4.69) is 15.9 Å². The van der Waals surface area contributed by atoms with Gasteiger partial charge in [0.15, 0.2) is 0 Å². The highest BCUT2D eigenvalue weighted by Crippen LogP contribution is 2.28. The summed E-state index contributed by atoms with van der Waals surface area (Å²) in [5, 5.41) is 11.4. The van der Waals surface area contributed by atoms with Crippen molar-refractivity contribution in [2.24, 2.45) is 5.92 Å². The minimum Gasteiger partial charge on any atom is -0.548 e. The van der Waals surface area contributed by atoms with Gasteiger partial charge in [-0.2, -0.15) is 0 Å². The molecule has 1 heterocycles. The van der Waals surface area contributed by atoms with E-state index in [1.165, 1.54) is 4.90 Å². The maximum atomic E-state index is 12.2. The molecule has 0 saturated carbocycles. The summed E-state index contributed by atoms with van der Waals surface area (Å²) in [6.45, 7) is 5.64. The molecule has 6 heteroatoms. The maximum Gasteiger partial charge on any atom is 0.410 e. The number of hydrogen-bond donors (Lipinski definition) is 0. The maximum absolute atomic E-state index is 12.2. The van der Waals surface area contributed by atoms with Crippen LogP contribution in [0.15, 0.2) is 28.7 Å². The molecule has 0 N–H and O–H groups in total. The average molecular weight is 383 g/mol. The third-order valence-corrected chi connectivity index (χ3v) is 4.25. The zero-order valence-electron chi connectivity index (χ0n) is 13.5. The molecule has 0 aromatic heterocycles. The number of hydrogen-bond acceptors (Lipinski definition) is 4. The first-order valence-corrected chi connectivity index (χ1v) is 8.40. The summed E-state index contributed by atoms with van der Waals surface area (Å²) in [6, 6.07) is 6.96. The van der Waals surface area contributed by atoms with Crippen LogP contribution in [0.1, 0.15) is 32.8 Å². The molecule has 1 aliphatic rings. The highest BCUT2D eigenvalue weighted by Gasteiger charge is 2.38. The fourth-order valence-electron chi connectivity index (χ4n) is 2.77. The van der Waals surface area contributed by atoms with Gasteiger partial charge in [-0.15, -0.1) is 0 Å². The predicted molar refractivity (Wildman–Crippen MR) is 87.7 cm³/mol. The zero-order chi connectivity index (χ0) is 17.2. The van der Waals surface area contributed by atoms with Crippen molar-refractivity contribution in [3.63, 3.8) is 0 Å². The first-order valence-electron chi connectivity index (χ1n) is 7.60. The van der Waals surface area contributed by atoms with Crippen molar-refractivity contribution in [2.45, 2.75) is 45.3 Å². The number of amides is 1.